The molecule has 0 spiro atoms. The van der Waals surface area contributed by atoms with Gasteiger partial charge in [0.1, 0.15) is 11.7 Å². The van der Waals surface area contributed by atoms with Gasteiger partial charge in [-0.3, -0.25) is 14.7 Å². The first-order chi connectivity index (χ1) is 17.1. The molecule has 0 bridgehead atoms. The van der Waals surface area contributed by atoms with E-state index in [-0.39, 0.29) is 21.7 Å². The highest BCUT2D eigenvalue weighted by atomic mass is 35.5. The van der Waals surface area contributed by atoms with Gasteiger partial charge in [-0.15, -0.1) is 0 Å². The van der Waals surface area contributed by atoms with E-state index in [0.29, 0.717) is 56.8 Å². The minimum atomic E-state index is -3.54. The van der Waals surface area contributed by atoms with Gasteiger partial charge in [0, 0.05) is 25.6 Å². The van der Waals surface area contributed by atoms with Gasteiger partial charge in [0.2, 0.25) is 5.91 Å². The second kappa shape index (κ2) is 12.3. The molecule has 1 aliphatic rings. The van der Waals surface area contributed by atoms with E-state index in [2.05, 4.69) is 10.3 Å². The van der Waals surface area contributed by atoms with Crippen LogP contribution in [0, 0.1) is 6.92 Å². The summed E-state index contributed by atoms with van der Waals surface area (Å²) in [6.45, 7) is 3.47. The van der Waals surface area contributed by atoms with Gasteiger partial charge in [-0.2, -0.15) is 0 Å². The minimum absolute atomic E-state index is 0.00420. The van der Waals surface area contributed by atoms with Gasteiger partial charge in [0.15, 0.2) is 9.84 Å². The second-order valence-corrected chi connectivity index (χ2v) is 11.0. The fourth-order valence-electron chi connectivity index (χ4n) is 3.86. The number of sulfone groups is 1. The third-order valence-corrected chi connectivity index (χ3v) is 8.12. The molecule has 0 saturated carbocycles. The highest BCUT2D eigenvalue weighted by Crippen LogP contribution is 2.25. The van der Waals surface area contributed by atoms with Crippen LogP contribution in [0.25, 0.3) is 0 Å². The fourth-order valence-corrected chi connectivity index (χ4v) is 5.63. The van der Waals surface area contributed by atoms with E-state index in [1.165, 1.54) is 11.0 Å². The number of carbonyl (C=O) groups is 2. The van der Waals surface area contributed by atoms with E-state index in [0.717, 1.165) is 11.1 Å². The van der Waals surface area contributed by atoms with Crippen LogP contribution in [0.4, 0.5) is 4.79 Å². The number of halogens is 1. The maximum atomic E-state index is 12.5. The number of carboxylic acid groups (broad SMARTS) is 1. The SMILES string of the molecule is Cc1cccc(S(=O)(=O)CNCCCCC(=O)N(C)Cc2ccc(C3=NCCN3C(=O)O)cc2)c1Cl. The molecule has 0 unspecified atom stereocenters. The van der Waals surface area contributed by atoms with Crippen LogP contribution in [0.5, 0.6) is 0 Å². The standard InChI is InChI=1S/C25H31ClN4O5S/c1-18-6-5-7-21(23(18)26)36(34,35)17-27-13-4-3-8-22(31)29(2)16-19-9-11-20(12-10-19)24-28-14-15-30(24)25(32)33/h5-7,9-12,27H,3-4,8,13-17H2,1-2H3,(H,32,33). The Balaban J connectivity index is 1.38. The fraction of sp³-hybridized carbons (Fsp3) is 0.400. The lowest BCUT2D eigenvalue weighted by molar-refractivity contribution is -0.130. The summed E-state index contributed by atoms with van der Waals surface area (Å²) < 4.78 is 25.0. The van der Waals surface area contributed by atoms with Crippen molar-refractivity contribution in [1.29, 1.82) is 0 Å². The summed E-state index contributed by atoms with van der Waals surface area (Å²) in [7, 11) is -1.80. The first kappa shape index (κ1) is 27.6. The number of nitrogens with one attached hydrogen (secondary N) is 1. The predicted octanol–water partition coefficient (Wildman–Crippen LogP) is 3.54. The average Bonchev–Trinajstić information content (AvgIpc) is 3.33. The Labute approximate surface area is 216 Å². The summed E-state index contributed by atoms with van der Waals surface area (Å²) in [6, 6.07) is 12.3. The molecule has 2 N–H and O–H groups in total. The lowest BCUT2D eigenvalue weighted by Gasteiger charge is -2.18. The summed E-state index contributed by atoms with van der Waals surface area (Å²) in [5.41, 5.74) is 2.37. The van der Waals surface area contributed by atoms with Crippen LogP contribution >= 0.6 is 11.6 Å². The van der Waals surface area contributed by atoms with Gasteiger partial charge in [-0.1, -0.05) is 48.0 Å². The Morgan fingerprint density at radius 1 is 1.17 bits per heavy atom. The number of aliphatic imine (C=N–C) groups is 1. The van der Waals surface area contributed by atoms with Crippen LogP contribution < -0.4 is 5.32 Å². The van der Waals surface area contributed by atoms with Gasteiger partial charge in [0.25, 0.3) is 0 Å². The van der Waals surface area contributed by atoms with Crippen LogP contribution in [0.3, 0.4) is 0 Å². The summed E-state index contributed by atoms with van der Waals surface area (Å²) in [5.74, 6) is 0.230. The van der Waals surface area contributed by atoms with Crippen molar-refractivity contribution in [2.24, 2.45) is 4.99 Å². The summed E-state index contributed by atoms with van der Waals surface area (Å²) >= 11 is 6.14. The second-order valence-electron chi connectivity index (χ2n) is 8.69. The smallest absolute Gasteiger partial charge is 0.413 e. The molecule has 9 nitrogen and oxygen atoms in total. The van der Waals surface area contributed by atoms with Crippen molar-refractivity contribution < 1.29 is 23.1 Å². The molecule has 0 fully saturated rings. The average molecular weight is 535 g/mol. The molecule has 11 heteroatoms. The molecule has 0 saturated heterocycles. The third kappa shape index (κ3) is 7.05. The maximum Gasteiger partial charge on any atom is 0.413 e. The Kier molecular flexibility index (Phi) is 9.47. The molecule has 0 aromatic heterocycles. The van der Waals surface area contributed by atoms with Crippen molar-refractivity contribution in [3.05, 3.63) is 64.2 Å². The quantitative estimate of drug-likeness (QED) is 0.425. The Bertz CT molecular complexity index is 1230. The largest absolute Gasteiger partial charge is 0.465 e. The van der Waals surface area contributed by atoms with E-state index >= 15 is 0 Å². The third-order valence-electron chi connectivity index (χ3n) is 5.91. The first-order valence-electron chi connectivity index (χ1n) is 11.7. The van der Waals surface area contributed by atoms with Crippen molar-refractivity contribution in [1.82, 2.24) is 15.1 Å². The van der Waals surface area contributed by atoms with Gasteiger partial charge in [-0.05, 0) is 43.5 Å². The number of nitrogens with zero attached hydrogens (tertiary/aromatic N) is 3. The molecular formula is C25H31ClN4O5S. The van der Waals surface area contributed by atoms with E-state index < -0.39 is 15.9 Å². The molecule has 2 amide bonds. The zero-order chi connectivity index (χ0) is 26.3. The zero-order valence-electron chi connectivity index (χ0n) is 20.4. The number of rotatable bonds is 11. The van der Waals surface area contributed by atoms with Crippen molar-refractivity contribution in [3.63, 3.8) is 0 Å². The molecule has 36 heavy (non-hydrogen) atoms. The summed E-state index contributed by atoms with van der Waals surface area (Å²) in [5, 5.41) is 12.4. The normalized spacial score (nSPS) is 13.5. The van der Waals surface area contributed by atoms with Crippen LogP contribution in [0.15, 0.2) is 52.4 Å². The molecule has 1 aliphatic heterocycles. The highest BCUT2D eigenvalue weighted by Gasteiger charge is 2.24. The van der Waals surface area contributed by atoms with Crippen molar-refractivity contribution >= 4 is 39.3 Å². The number of carbonyl (C=O) groups excluding carboxylic acids is 1. The molecule has 1 heterocycles. The molecule has 3 rings (SSSR count). The predicted molar refractivity (Wildman–Crippen MR) is 139 cm³/mol. The molecule has 2 aromatic rings. The lowest BCUT2D eigenvalue weighted by atomic mass is 10.1. The number of benzene rings is 2. The number of amides is 2. The zero-order valence-corrected chi connectivity index (χ0v) is 22.0. The van der Waals surface area contributed by atoms with Crippen molar-refractivity contribution in [3.8, 4) is 0 Å². The lowest BCUT2D eigenvalue weighted by Crippen LogP contribution is -2.33. The summed E-state index contributed by atoms with van der Waals surface area (Å²) in [4.78, 5) is 31.1. The first-order valence-corrected chi connectivity index (χ1v) is 13.7. The Morgan fingerprint density at radius 3 is 2.58 bits per heavy atom. The minimum Gasteiger partial charge on any atom is -0.465 e. The molecule has 194 valence electrons. The number of amidine groups is 1. The van der Waals surface area contributed by atoms with E-state index in [4.69, 9.17) is 11.6 Å². The molecule has 0 radical (unpaired) electrons. The molecule has 0 aliphatic carbocycles. The van der Waals surface area contributed by atoms with Crippen LogP contribution in [0.2, 0.25) is 5.02 Å². The molecule has 2 aromatic carbocycles. The van der Waals surface area contributed by atoms with E-state index in [1.54, 1.807) is 31.0 Å². The van der Waals surface area contributed by atoms with Crippen molar-refractivity contribution in [2.75, 3.05) is 32.6 Å². The van der Waals surface area contributed by atoms with E-state index in [1.807, 2.05) is 24.3 Å². The number of hydrogen-bond acceptors (Lipinski definition) is 6. The van der Waals surface area contributed by atoms with Crippen LogP contribution in [-0.2, 0) is 21.2 Å². The highest BCUT2D eigenvalue weighted by molar-refractivity contribution is 7.91. The number of hydrogen-bond donors (Lipinski definition) is 2. The monoisotopic (exact) mass is 534 g/mol. The molecular weight excluding hydrogens is 504 g/mol. The Hall–Kier alpha value is -2.95. The van der Waals surface area contributed by atoms with Gasteiger partial charge >= 0.3 is 6.09 Å². The van der Waals surface area contributed by atoms with Gasteiger partial charge in [-0.25, -0.2) is 13.2 Å². The number of aryl methyl sites for hydroxylation is 1. The topological polar surface area (TPSA) is 119 Å². The summed E-state index contributed by atoms with van der Waals surface area (Å²) in [6.07, 6.45) is 0.628. The van der Waals surface area contributed by atoms with Gasteiger partial charge in [0.05, 0.1) is 23.0 Å². The number of unbranched alkanes of at least 4 members (excludes halogenated alkanes) is 1. The van der Waals surface area contributed by atoms with Crippen molar-refractivity contribution in [2.45, 2.75) is 37.6 Å². The maximum absolute atomic E-state index is 12.5. The van der Waals surface area contributed by atoms with E-state index in [9.17, 15) is 23.1 Å². The van der Waals surface area contributed by atoms with Crippen LogP contribution in [0.1, 0.15) is 36.0 Å². The van der Waals surface area contributed by atoms with Gasteiger partial charge < -0.3 is 15.3 Å². The Morgan fingerprint density at radius 2 is 1.89 bits per heavy atom. The van der Waals surface area contributed by atoms with Crippen LogP contribution in [-0.4, -0.2) is 73.7 Å². The molecule has 0 atom stereocenters.